The first-order valence-electron chi connectivity index (χ1n) is 9.81. The van der Waals surface area contributed by atoms with Gasteiger partial charge in [-0.3, -0.25) is 4.79 Å². The van der Waals surface area contributed by atoms with Crippen LogP contribution in [-0.2, 0) is 11.4 Å². The van der Waals surface area contributed by atoms with Crippen LogP contribution in [0, 0.1) is 11.3 Å². The highest BCUT2D eigenvalue weighted by Crippen LogP contribution is 2.27. The predicted molar refractivity (Wildman–Crippen MR) is 132 cm³/mol. The van der Waals surface area contributed by atoms with Gasteiger partial charge < -0.3 is 14.8 Å². The molecule has 0 atom stereocenters. The molecule has 0 unspecified atom stereocenters. The molecule has 0 aromatic heterocycles. The third-order valence-electron chi connectivity index (χ3n) is 4.36. The van der Waals surface area contributed by atoms with Gasteiger partial charge >= 0.3 is 0 Å². The topological polar surface area (TPSA) is 71.3 Å². The maximum atomic E-state index is 12.6. The summed E-state index contributed by atoms with van der Waals surface area (Å²) >= 11 is 6.84. The summed E-state index contributed by atoms with van der Waals surface area (Å²) in [6.45, 7) is 2.89. The fraction of sp³-hybridized carbons (Fsp3) is 0.120. The molecule has 7 heteroatoms. The van der Waals surface area contributed by atoms with E-state index in [2.05, 4.69) is 37.2 Å². The average Bonchev–Trinajstić information content (AvgIpc) is 2.80. The molecule has 3 rings (SSSR count). The minimum Gasteiger partial charge on any atom is -0.493 e. The Morgan fingerprint density at radius 3 is 2.38 bits per heavy atom. The van der Waals surface area contributed by atoms with Gasteiger partial charge in [-0.2, -0.15) is 5.26 Å². The quantitative estimate of drug-likeness (QED) is 0.247. The van der Waals surface area contributed by atoms with Crippen LogP contribution in [0.1, 0.15) is 18.1 Å². The van der Waals surface area contributed by atoms with Gasteiger partial charge in [0.25, 0.3) is 5.91 Å². The van der Waals surface area contributed by atoms with E-state index in [0.717, 1.165) is 14.5 Å². The third-order valence-corrected chi connectivity index (χ3v) is 5.51. The van der Waals surface area contributed by atoms with Gasteiger partial charge in [0, 0.05) is 10.2 Å². The van der Waals surface area contributed by atoms with Crippen LogP contribution in [0.3, 0.4) is 0 Å². The van der Waals surface area contributed by atoms with Crippen LogP contribution in [0.25, 0.3) is 6.08 Å². The normalized spacial score (nSPS) is 10.9. The number of hydrogen-bond acceptors (Lipinski definition) is 4. The van der Waals surface area contributed by atoms with Crippen LogP contribution >= 0.6 is 31.9 Å². The lowest BCUT2D eigenvalue weighted by Crippen LogP contribution is -2.13. The van der Waals surface area contributed by atoms with Crippen molar-refractivity contribution in [2.75, 3.05) is 11.9 Å². The maximum absolute atomic E-state index is 12.6. The summed E-state index contributed by atoms with van der Waals surface area (Å²) in [7, 11) is 0. The molecule has 32 heavy (non-hydrogen) atoms. The first-order valence-corrected chi connectivity index (χ1v) is 11.4. The van der Waals surface area contributed by atoms with Crippen molar-refractivity contribution in [1.82, 2.24) is 0 Å². The molecule has 1 N–H and O–H groups in total. The predicted octanol–water partition coefficient (Wildman–Crippen LogP) is 6.73. The van der Waals surface area contributed by atoms with Gasteiger partial charge in [0.2, 0.25) is 0 Å². The van der Waals surface area contributed by atoms with E-state index < -0.39 is 5.91 Å². The SMILES string of the molecule is CCOc1ccc(/C=C(\C#N)C(=O)Nc2ccc(OCc3ccc(Br)cc3)cc2)cc1Br. The fourth-order valence-corrected chi connectivity index (χ4v) is 3.55. The molecule has 0 saturated carbocycles. The smallest absolute Gasteiger partial charge is 0.266 e. The fourth-order valence-electron chi connectivity index (χ4n) is 2.77. The number of nitrogens with one attached hydrogen (secondary N) is 1. The number of ether oxygens (including phenoxy) is 2. The van der Waals surface area contributed by atoms with Crippen molar-refractivity contribution in [2.24, 2.45) is 0 Å². The van der Waals surface area contributed by atoms with E-state index in [4.69, 9.17) is 9.47 Å². The first kappa shape index (κ1) is 23.6. The lowest BCUT2D eigenvalue weighted by molar-refractivity contribution is -0.112. The number of nitrogens with zero attached hydrogens (tertiary/aromatic N) is 1. The van der Waals surface area contributed by atoms with Crippen LogP contribution in [0.5, 0.6) is 11.5 Å². The van der Waals surface area contributed by atoms with E-state index in [-0.39, 0.29) is 5.57 Å². The van der Waals surface area contributed by atoms with Gasteiger partial charge in [-0.15, -0.1) is 0 Å². The zero-order valence-corrected chi connectivity index (χ0v) is 20.4. The van der Waals surface area contributed by atoms with Gasteiger partial charge in [0.1, 0.15) is 29.7 Å². The number of carbonyl (C=O) groups is 1. The molecule has 0 aliphatic heterocycles. The molecule has 0 heterocycles. The summed E-state index contributed by atoms with van der Waals surface area (Å²) in [6, 6.07) is 22.2. The van der Waals surface area contributed by atoms with Crippen molar-refractivity contribution < 1.29 is 14.3 Å². The summed E-state index contributed by atoms with van der Waals surface area (Å²) in [4.78, 5) is 12.6. The van der Waals surface area contributed by atoms with Crippen LogP contribution in [0.15, 0.2) is 81.2 Å². The molecule has 5 nitrogen and oxygen atoms in total. The molecule has 3 aromatic carbocycles. The van der Waals surface area contributed by atoms with E-state index in [1.807, 2.05) is 37.3 Å². The molecule has 0 saturated heterocycles. The van der Waals surface area contributed by atoms with E-state index in [1.165, 1.54) is 6.08 Å². The average molecular weight is 556 g/mol. The summed E-state index contributed by atoms with van der Waals surface area (Å²) < 4.78 is 13.0. The van der Waals surface area contributed by atoms with Gasteiger partial charge in [-0.1, -0.05) is 34.1 Å². The van der Waals surface area contributed by atoms with Crippen molar-refractivity contribution in [1.29, 1.82) is 5.26 Å². The summed E-state index contributed by atoms with van der Waals surface area (Å²) in [6.07, 6.45) is 1.53. The number of benzene rings is 3. The molecule has 0 spiro atoms. The number of amides is 1. The first-order chi connectivity index (χ1) is 15.5. The highest BCUT2D eigenvalue weighted by Gasteiger charge is 2.11. The van der Waals surface area contributed by atoms with E-state index in [9.17, 15) is 10.1 Å². The minimum atomic E-state index is -0.485. The molecule has 0 fully saturated rings. The Morgan fingerprint density at radius 2 is 1.75 bits per heavy atom. The largest absolute Gasteiger partial charge is 0.493 e. The van der Waals surface area contributed by atoms with Crippen molar-refractivity contribution in [3.05, 3.63) is 92.4 Å². The number of hydrogen-bond donors (Lipinski definition) is 1. The van der Waals surface area contributed by atoms with Gasteiger partial charge in [0.15, 0.2) is 0 Å². The molecular weight excluding hydrogens is 536 g/mol. The Hall–Kier alpha value is -3.08. The molecular formula is C25H20Br2N2O3. The Kier molecular flexibility index (Phi) is 8.48. The maximum Gasteiger partial charge on any atom is 0.266 e. The van der Waals surface area contributed by atoms with Crippen molar-refractivity contribution in [2.45, 2.75) is 13.5 Å². The van der Waals surface area contributed by atoms with Crippen LogP contribution in [-0.4, -0.2) is 12.5 Å². The Bertz CT molecular complexity index is 1150. The van der Waals surface area contributed by atoms with Crippen LogP contribution < -0.4 is 14.8 Å². The van der Waals surface area contributed by atoms with E-state index in [0.29, 0.717) is 36.0 Å². The molecule has 0 radical (unpaired) electrons. The highest BCUT2D eigenvalue weighted by molar-refractivity contribution is 9.10. The van der Waals surface area contributed by atoms with E-state index in [1.54, 1.807) is 42.5 Å². The second-order valence-electron chi connectivity index (χ2n) is 6.69. The zero-order chi connectivity index (χ0) is 22.9. The summed E-state index contributed by atoms with van der Waals surface area (Å²) in [5.41, 5.74) is 2.33. The van der Waals surface area contributed by atoms with Crippen LogP contribution in [0.2, 0.25) is 0 Å². The van der Waals surface area contributed by atoms with Gasteiger partial charge in [-0.25, -0.2) is 0 Å². The van der Waals surface area contributed by atoms with E-state index >= 15 is 0 Å². The van der Waals surface area contributed by atoms with Gasteiger partial charge in [0.05, 0.1) is 11.1 Å². The number of rotatable bonds is 8. The molecule has 0 aliphatic carbocycles. The number of halogens is 2. The third kappa shape index (κ3) is 6.71. The minimum absolute atomic E-state index is 0.00313. The lowest BCUT2D eigenvalue weighted by Gasteiger charge is -2.09. The standard InChI is InChI=1S/C25H20Br2N2O3/c1-2-31-24-12-5-18(14-23(24)27)13-19(15-28)25(30)29-21-8-10-22(11-9-21)32-16-17-3-6-20(26)7-4-17/h3-14H,2,16H2,1H3,(H,29,30)/b19-13+. The summed E-state index contributed by atoms with van der Waals surface area (Å²) in [5, 5.41) is 12.2. The molecule has 162 valence electrons. The Morgan fingerprint density at radius 1 is 1.03 bits per heavy atom. The van der Waals surface area contributed by atoms with Crippen LogP contribution in [0.4, 0.5) is 5.69 Å². The van der Waals surface area contributed by atoms with Crippen molar-refractivity contribution >= 4 is 49.5 Å². The van der Waals surface area contributed by atoms with Gasteiger partial charge in [-0.05, 0) is 88.6 Å². The number of nitriles is 1. The van der Waals surface area contributed by atoms with Crippen molar-refractivity contribution in [3.63, 3.8) is 0 Å². The highest BCUT2D eigenvalue weighted by atomic mass is 79.9. The lowest BCUT2D eigenvalue weighted by atomic mass is 10.1. The second-order valence-corrected chi connectivity index (χ2v) is 8.46. The Labute approximate surface area is 203 Å². The molecule has 3 aromatic rings. The number of carbonyl (C=O) groups excluding carboxylic acids is 1. The zero-order valence-electron chi connectivity index (χ0n) is 17.3. The molecule has 1 amide bonds. The van der Waals surface area contributed by atoms with Crippen molar-refractivity contribution in [3.8, 4) is 17.6 Å². The molecule has 0 bridgehead atoms. The second kappa shape index (κ2) is 11.5. The summed E-state index contributed by atoms with van der Waals surface area (Å²) in [5.74, 6) is 0.900. The number of anilines is 1. The Balaban J connectivity index is 1.62. The molecule has 0 aliphatic rings. The monoisotopic (exact) mass is 554 g/mol.